The minimum absolute atomic E-state index is 0.165. The summed E-state index contributed by atoms with van der Waals surface area (Å²) in [5.41, 5.74) is 3.28. The maximum atomic E-state index is 12.6. The summed E-state index contributed by atoms with van der Waals surface area (Å²) in [6.07, 6.45) is 2.93. The van der Waals surface area contributed by atoms with Gasteiger partial charge >= 0.3 is 5.97 Å². The van der Waals surface area contributed by atoms with E-state index in [1.807, 2.05) is 0 Å². The Kier molecular flexibility index (Phi) is 7.98. The third-order valence-electron chi connectivity index (χ3n) is 4.90. The summed E-state index contributed by atoms with van der Waals surface area (Å²) >= 11 is 0. The zero-order chi connectivity index (χ0) is 24.7. The fraction of sp³-hybridized carbons (Fsp3) is 0.208. The van der Waals surface area contributed by atoms with Gasteiger partial charge in [0.25, 0.3) is 5.91 Å². The molecule has 3 aromatic rings. The second-order valence-electron chi connectivity index (χ2n) is 7.37. The van der Waals surface area contributed by atoms with Gasteiger partial charge in [-0.05, 0) is 55.8 Å². The standard InChI is InChI=1S/C24H26N4O5S/c1-4-14-26-34(31,32)16-18-6-10-20(11-7-18)27-23(29)19-8-12-21(13-9-19)28-17(3)22(15-25-28)24(30)33-5-2/h4,6-13,15,26H,1,5,14,16H2,2-3H3,(H,27,29). The smallest absolute Gasteiger partial charge is 0.341 e. The molecule has 0 spiro atoms. The summed E-state index contributed by atoms with van der Waals surface area (Å²) in [5, 5.41) is 7.03. The van der Waals surface area contributed by atoms with Crippen LogP contribution >= 0.6 is 0 Å². The number of ether oxygens (including phenoxy) is 1. The molecule has 3 rings (SSSR count). The van der Waals surface area contributed by atoms with Crippen LogP contribution < -0.4 is 10.0 Å². The predicted molar refractivity (Wildman–Crippen MR) is 129 cm³/mol. The van der Waals surface area contributed by atoms with Crippen molar-refractivity contribution in [2.24, 2.45) is 0 Å². The Balaban J connectivity index is 1.65. The molecule has 1 aromatic heterocycles. The number of carbonyl (C=O) groups is 2. The third-order valence-corrected chi connectivity index (χ3v) is 6.22. The Morgan fingerprint density at radius 2 is 1.79 bits per heavy atom. The van der Waals surface area contributed by atoms with Gasteiger partial charge in [0, 0.05) is 17.8 Å². The number of esters is 1. The highest BCUT2D eigenvalue weighted by atomic mass is 32.2. The number of anilines is 1. The molecule has 1 heterocycles. The van der Waals surface area contributed by atoms with E-state index in [0.717, 1.165) is 0 Å². The third kappa shape index (κ3) is 6.18. The van der Waals surface area contributed by atoms with E-state index < -0.39 is 16.0 Å². The number of nitrogens with zero attached hydrogens (tertiary/aromatic N) is 2. The first kappa shape index (κ1) is 24.9. The van der Waals surface area contributed by atoms with Gasteiger partial charge in [-0.2, -0.15) is 5.10 Å². The molecule has 2 N–H and O–H groups in total. The normalized spacial score (nSPS) is 11.1. The maximum Gasteiger partial charge on any atom is 0.341 e. The van der Waals surface area contributed by atoms with Gasteiger partial charge in [0.2, 0.25) is 10.0 Å². The maximum absolute atomic E-state index is 12.6. The molecule has 34 heavy (non-hydrogen) atoms. The summed E-state index contributed by atoms with van der Waals surface area (Å²) < 4.78 is 33.0. The van der Waals surface area contributed by atoms with Gasteiger partial charge in [-0.25, -0.2) is 22.6 Å². The molecule has 2 aromatic carbocycles. The number of sulfonamides is 1. The number of hydrogen-bond acceptors (Lipinski definition) is 6. The number of nitrogens with one attached hydrogen (secondary N) is 2. The van der Waals surface area contributed by atoms with E-state index in [0.29, 0.717) is 33.8 Å². The Morgan fingerprint density at radius 3 is 2.41 bits per heavy atom. The molecule has 0 atom stereocenters. The van der Waals surface area contributed by atoms with Gasteiger partial charge in [0.1, 0.15) is 5.56 Å². The predicted octanol–water partition coefficient (Wildman–Crippen LogP) is 3.22. The zero-order valence-electron chi connectivity index (χ0n) is 18.9. The van der Waals surface area contributed by atoms with Gasteiger partial charge in [0.15, 0.2) is 0 Å². The molecule has 0 saturated heterocycles. The van der Waals surface area contributed by atoms with Gasteiger partial charge in [-0.3, -0.25) is 4.79 Å². The highest BCUT2D eigenvalue weighted by Crippen LogP contribution is 2.17. The van der Waals surface area contributed by atoms with E-state index in [1.165, 1.54) is 12.3 Å². The van der Waals surface area contributed by atoms with E-state index in [4.69, 9.17) is 4.74 Å². The van der Waals surface area contributed by atoms with Gasteiger partial charge < -0.3 is 10.1 Å². The fourth-order valence-corrected chi connectivity index (χ4v) is 4.28. The molecule has 0 aliphatic heterocycles. The summed E-state index contributed by atoms with van der Waals surface area (Å²) in [6.45, 7) is 7.44. The van der Waals surface area contributed by atoms with Crippen molar-refractivity contribution in [2.75, 3.05) is 18.5 Å². The summed E-state index contributed by atoms with van der Waals surface area (Å²) in [6, 6.07) is 13.4. The first-order valence-electron chi connectivity index (χ1n) is 10.5. The number of hydrogen-bond donors (Lipinski definition) is 2. The van der Waals surface area contributed by atoms with Gasteiger partial charge in [-0.1, -0.05) is 18.2 Å². The van der Waals surface area contributed by atoms with Gasteiger partial charge in [0.05, 0.1) is 29.9 Å². The molecule has 0 radical (unpaired) electrons. The quantitative estimate of drug-likeness (QED) is 0.338. The monoisotopic (exact) mass is 482 g/mol. The van der Waals surface area contributed by atoms with Crippen molar-refractivity contribution in [3.63, 3.8) is 0 Å². The lowest BCUT2D eigenvalue weighted by molar-refractivity contribution is 0.0525. The summed E-state index contributed by atoms with van der Waals surface area (Å²) in [5.74, 6) is -0.913. The van der Waals surface area contributed by atoms with Crippen molar-refractivity contribution < 1.29 is 22.7 Å². The van der Waals surface area contributed by atoms with E-state index in [-0.39, 0.29) is 24.8 Å². The minimum atomic E-state index is -3.45. The van der Waals surface area contributed by atoms with Crippen molar-refractivity contribution in [3.05, 3.63) is 89.8 Å². The average Bonchev–Trinajstić information content (AvgIpc) is 3.20. The molecular formula is C24H26N4O5S. The average molecular weight is 483 g/mol. The Hall–Kier alpha value is -3.76. The van der Waals surface area contributed by atoms with Crippen LogP contribution in [-0.2, 0) is 20.5 Å². The second kappa shape index (κ2) is 10.9. The molecule has 0 bridgehead atoms. The van der Waals surface area contributed by atoms with E-state index in [2.05, 4.69) is 21.7 Å². The topological polar surface area (TPSA) is 119 Å². The molecule has 10 heteroatoms. The summed E-state index contributed by atoms with van der Waals surface area (Å²) in [7, 11) is -3.45. The van der Waals surface area contributed by atoms with E-state index in [9.17, 15) is 18.0 Å². The molecule has 0 saturated carbocycles. The van der Waals surface area contributed by atoms with Crippen LogP contribution in [0.3, 0.4) is 0 Å². The Morgan fingerprint density at radius 1 is 1.12 bits per heavy atom. The summed E-state index contributed by atoms with van der Waals surface area (Å²) in [4.78, 5) is 24.6. The lowest BCUT2D eigenvalue weighted by Crippen LogP contribution is -2.25. The van der Waals surface area contributed by atoms with Crippen LogP contribution in [0, 0.1) is 6.92 Å². The number of carbonyl (C=O) groups excluding carboxylic acids is 2. The van der Waals surface area contributed by atoms with Crippen LogP contribution in [0.2, 0.25) is 0 Å². The fourth-order valence-electron chi connectivity index (χ4n) is 3.18. The highest BCUT2D eigenvalue weighted by molar-refractivity contribution is 7.88. The molecular weight excluding hydrogens is 456 g/mol. The first-order valence-corrected chi connectivity index (χ1v) is 12.2. The second-order valence-corrected chi connectivity index (χ2v) is 9.18. The van der Waals surface area contributed by atoms with Crippen LogP contribution in [0.4, 0.5) is 5.69 Å². The Bertz CT molecular complexity index is 1280. The number of benzene rings is 2. The van der Waals surface area contributed by atoms with Crippen LogP contribution in [0.25, 0.3) is 5.69 Å². The van der Waals surface area contributed by atoms with Crippen LogP contribution in [0.15, 0.2) is 67.4 Å². The SMILES string of the molecule is C=CCNS(=O)(=O)Cc1ccc(NC(=O)c2ccc(-n3ncc(C(=O)OCC)c3C)cc2)cc1. The largest absolute Gasteiger partial charge is 0.462 e. The van der Waals surface area contributed by atoms with Crippen LogP contribution in [0.1, 0.15) is 38.9 Å². The lowest BCUT2D eigenvalue weighted by Gasteiger charge is -2.09. The first-order chi connectivity index (χ1) is 16.2. The van der Waals surface area contributed by atoms with E-state index >= 15 is 0 Å². The molecule has 0 unspecified atom stereocenters. The minimum Gasteiger partial charge on any atom is -0.462 e. The van der Waals surface area contributed by atoms with Crippen LogP contribution in [0.5, 0.6) is 0 Å². The highest BCUT2D eigenvalue weighted by Gasteiger charge is 2.16. The van der Waals surface area contributed by atoms with Crippen molar-refractivity contribution in [1.29, 1.82) is 0 Å². The molecule has 0 fully saturated rings. The van der Waals surface area contributed by atoms with Crippen molar-refractivity contribution in [1.82, 2.24) is 14.5 Å². The number of rotatable bonds is 10. The van der Waals surface area contributed by atoms with Crippen molar-refractivity contribution in [3.8, 4) is 5.69 Å². The molecule has 178 valence electrons. The Labute approximate surface area is 198 Å². The lowest BCUT2D eigenvalue weighted by atomic mass is 10.1. The molecule has 0 aliphatic rings. The number of aromatic nitrogens is 2. The zero-order valence-corrected chi connectivity index (χ0v) is 19.8. The molecule has 0 aliphatic carbocycles. The van der Waals surface area contributed by atoms with Crippen LogP contribution in [-0.4, -0.2) is 43.2 Å². The van der Waals surface area contributed by atoms with E-state index in [1.54, 1.807) is 67.1 Å². The molecule has 1 amide bonds. The number of amides is 1. The molecule has 9 nitrogen and oxygen atoms in total. The van der Waals surface area contributed by atoms with Crippen molar-refractivity contribution in [2.45, 2.75) is 19.6 Å². The van der Waals surface area contributed by atoms with Crippen molar-refractivity contribution >= 4 is 27.6 Å². The van der Waals surface area contributed by atoms with Gasteiger partial charge in [-0.15, -0.1) is 6.58 Å².